The van der Waals surface area contributed by atoms with Gasteiger partial charge in [0.2, 0.25) is 0 Å². The molecule has 1 heterocycles. The molecular weight excluding hydrogens is 225 g/mol. The fraction of sp³-hybridized carbons (Fsp3) is 0.167. The van der Waals surface area contributed by atoms with Gasteiger partial charge in [-0.05, 0) is 29.0 Å². The van der Waals surface area contributed by atoms with Crippen molar-refractivity contribution in [3.8, 4) is 5.75 Å². The van der Waals surface area contributed by atoms with E-state index in [2.05, 4.69) is 0 Å². The van der Waals surface area contributed by atoms with E-state index in [0.29, 0.717) is 12.3 Å². The van der Waals surface area contributed by atoms with E-state index in [0.717, 1.165) is 5.56 Å². The van der Waals surface area contributed by atoms with Gasteiger partial charge in [0.1, 0.15) is 17.7 Å². The van der Waals surface area contributed by atoms with Gasteiger partial charge in [0.15, 0.2) is 0 Å². The van der Waals surface area contributed by atoms with Gasteiger partial charge in [0.05, 0.1) is 0 Å². The predicted molar refractivity (Wildman–Crippen MR) is 63.1 cm³/mol. The highest BCUT2D eigenvalue weighted by Crippen LogP contribution is 2.23. The van der Waals surface area contributed by atoms with Crippen molar-refractivity contribution in [2.24, 2.45) is 5.73 Å². The first-order chi connectivity index (χ1) is 7.79. The maximum atomic E-state index is 13.0. The smallest absolute Gasteiger partial charge is 0.137 e. The minimum absolute atomic E-state index is 0.215. The Kier molecular flexibility index (Phi) is 3.54. The lowest BCUT2D eigenvalue weighted by molar-refractivity contribution is 0.214. The summed E-state index contributed by atoms with van der Waals surface area (Å²) in [5, 5.41) is 3.95. The van der Waals surface area contributed by atoms with Crippen molar-refractivity contribution in [1.29, 1.82) is 0 Å². The van der Waals surface area contributed by atoms with Crippen LogP contribution in [-0.4, -0.2) is 6.54 Å². The first-order valence-electron chi connectivity index (χ1n) is 4.94. The van der Waals surface area contributed by atoms with Gasteiger partial charge in [-0.2, -0.15) is 11.3 Å². The van der Waals surface area contributed by atoms with Gasteiger partial charge in [-0.1, -0.05) is 6.07 Å². The minimum Gasteiger partial charge on any atom is -0.484 e. The maximum absolute atomic E-state index is 13.0. The van der Waals surface area contributed by atoms with Crippen LogP contribution in [0.3, 0.4) is 0 Å². The summed E-state index contributed by atoms with van der Waals surface area (Å²) in [4.78, 5) is 0. The molecule has 0 radical (unpaired) electrons. The third-order valence-corrected chi connectivity index (χ3v) is 2.90. The van der Waals surface area contributed by atoms with Crippen molar-refractivity contribution in [2.45, 2.75) is 6.10 Å². The molecule has 0 spiro atoms. The molecule has 2 aromatic rings. The third-order valence-electron chi connectivity index (χ3n) is 2.20. The number of thiophene rings is 1. The van der Waals surface area contributed by atoms with Crippen LogP contribution in [0.25, 0.3) is 0 Å². The Balaban J connectivity index is 2.13. The van der Waals surface area contributed by atoms with Crippen molar-refractivity contribution in [1.82, 2.24) is 0 Å². The Bertz CT molecular complexity index is 444. The molecule has 0 saturated heterocycles. The van der Waals surface area contributed by atoms with Crippen LogP contribution in [0.1, 0.15) is 11.7 Å². The summed E-state index contributed by atoms with van der Waals surface area (Å²) < 4.78 is 18.6. The molecule has 0 fully saturated rings. The molecule has 0 aliphatic heterocycles. The van der Waals surface area contributed by atoms with Crippen LogP contribution in [0.4, 0.5) is 4.39 Å². The molecule has 16 heavy (non-hydrogen) atoms. The number of nitrogens with two attached hydrogens (primary N) is 1. The summed E-state index contributed by atoms with van der Waals surface area (Å²) in [6, 6.07) is 8.04. The van der Waals surface area contributed by atoms with Crippen molar-refractivity contribution in [3.05, 3.63) is 52.5 Å². The highest BCUT2D eigenvalue weighted by atomic mass is 32.1. The zero-order chi connectivity index (χ0) is 11.4. The van der Waals surface area contributed by atoms with Crippen molar-refractivity contribution in [3.63, 3.8) is 0 Å². The van der Waals surface area contributed by atoms with E-state index in [-0.39, 0.29) is 11.9 Å². The summed E-state index contributed by atoms with van der Waals surface area (Å²) >= 11 is 1.59. The van der Waals surface area contributed by atoms with E-state index in [1.54, 1.807) is 23.5 Å². The van der Waals surface area contributed by atoms with E-state index >= 15 is 0 Å². The highest BCUT2D eigenvalue weighted by Gasteiger charge is 2.11. The summed E-state index contributed by atoms with van der Waals surface area (Å²) in [6.07, 6.45) is -0.215. The largest absolute Gasteiger partial charge is 0.484 e. The fourth-order valence-corrected chi connectivity index (χ4v) is 2.12. The van der Waals surface area contributed by atoms with Crippen LogP contribution in [0.2, 0.25) is 0 Å². The van der Waals surface area contributed by atoms with Gasteiger partial charge in [0.25, 0.3) is 0 Å². The summed E-state index contributed by atoms with van der Waals surface area (Å²) in [5.74, 6) is 0.195. The lowest BCUT2D eigenvalue weighted by Gasteiger charge is -2.16. The number of hydrogen-bond acceptors (Lipinski definition) is 3. The quantitative estimate of drug-likeness (QED) is 0.887. The van der Waals surface area contributed by atoms with E-state index in [1.807, 2.05) is 16.8 Å². The molecule has 1 atom stereocenters. The predicted octanol–water partition coefficient (Wildman–Crippen LogP) is 2.97. The average Bonchev–Trinajstić information content (AvgIpc) is 2.79. The summed E-state index contributed by atoms with van der Waals surface area (Å²) in [7, 11) is 0. The molecule has 0 aliphatic carbocycles. The van der Waals surface area contributed by atoms with Crippen LogP contribution >= 0.6 is 11.3 Å². The van der Waals surface area contributed by atoms with Crippen molar-refractivity contribution >= 4 is 11.3 Å². The second-order valence-electron chi connectivity index (χ2n) is 3.36. The molecule has 2 N–H and O–H groups in total. The van der Waals surface area contributed by atoms with Gasteiger partial charge in [0, 0.05) is 18.2 Å². The molecule has 4 heteroatoms. The van der Waals surface area contributed by atoms with Crippen LogP contribution in [0, 0.1) is 5.82 Å². The number of ether oxygens (including phenoxy) is 1. The van der Waals surface area contributed by atoms with Gasteiger partial charge in [-0.25, -0.2) is 4.39 Å². The standard InChI is InChI=1S/C12H12FNOS/c13-10-2-1-3-11(6-10)15-12(7-14)9-4-5-16-8-9/h1-6,8,12H,7,14H2. The number of benzene rings is 1. The Hall–Kier alpha value is -1.39. The van der Waals surface area contributed by atoms with E-state index in [9.17, 15) is 4.39 Å². The monoisotopic (exact) mass is 237 g/mol. The highest BCUT2D eigenvalue weighted by molar-refractivity contribution is 7.07. The van der Waals surface area contributed by atoms with Crippen molar-refractivity contribution < 1.29 is 9.13 Å². The van der Waals surface area contributed by atoms with Crippen LogP contribution in [-0.2, 0) is 0 Å². The summed E-state index contributed by atoms with van der Waals surface area (Å²) in [5.41, 5.74) is 6.66. The van der Waals surface area contributed by atoms with Crippen LogP contribution in [0.15, 0.2) is 41.1 Å². The lowest BCUT2D eigenvalue weighted by atomic mass is 10.2. The number of halogens is 1. The normalized spacial score (nSPS) is 12.4. The molecular formula is C12H12FNOS. The molecule has 1 aromatic carbocycles. The van der Waals surface area contributed by atoms with Gasteiger partial charge in [-0.3, -0.25) is 0 Å². The van der Waals surface area contributed by atoms with E-state index in [1.165, 1.54) is 12.1 Å². The first kappa shape index (κ1) is 11.1. The van der Waals surface area contributed by atoms with Gasteiger partial charge < -0.3 is 10.5 Å². The van der Waals surface area contributed by atoms with E-state index < -0.39 is 0 Å². The second-order valence-corrected chi connectivity index (χ2v) is 4.14. The molecule has 0 bridgehead atoms. The molecule has 0 aliphatic rings. The molecule has 2 nitrogen and oxygen atoms in total. The maximum Gasteiger partial charge on any atom is 0.137 e. The second kappa shape index (κ2) is 5.09. The van der Waals surface area contributed by atoms with E-state index in [4.69, 9.17) is 10.5 Å². The average molecular weight is 237 g/mol. The zero-order valence-corrected chi connectivity index (χ0v) is 9.41. The number of hydrogen-bond donors (Lipinski definition) is 1. The molecule has 0 amide bonds. The zero-order valence-electron chi connectivity index (χ0n) is 8.60. The minimum atomic E-state index is -0.307. The summed E-state index contributed by atoms with van der Waals surface area (Å²) in [6.45, 7) is 0.368. The molecule has 1 aromatic heterocycles. The van der Waals surface area contributed by atoms with Crippen LogP contribution in [0.5, 0.6) is 5.75 Å². The molecule has 1 unspecified atom stereocenters. The first-order valence-corrected chi connectivity index (χ1v) is 5.88. The molecule has 0 saturated carbocycles. The molecule has 84 valence electrons. The number of rotatable bonds is 4. The topological polar surface area (TPSA) is 35.2 Å². The molecule has 2 rings (SSSR count). The Morgan fingerprint density at radius 3 is 2.88 bits per heavy atom. The van der Waals surface area contributed by atoms with Gasteiger partial charge >= 0.3 is 0 Å². The SMILES string of the molecule is NCC(Oc1cccc(F)c1)c1ccsc1. The lowest BCUT2D eigenvalue weighted by Crippen LogP contribution is -2.17. The third kappa shape index (κ3) is 2.59. The Labute approximate surface area is 97.5 Å². The Morgan fingerprint density at radius 2 is 2.25 bits per heavy atom. The van der Waals surface area contributed by atoms with Gasteiger partial charge in [-0.15, -0.1) is 0 Å². The van der Waals surface area contributed by atoms with Crippen LogP contribution < -0.4 is 10.5 Å². The Morgan fingerprint density at radius 1 is 1.38 bits per heavy atom. The van der Waals surface area contributed by atoms with Crippen molar-refractivity contribution in [2.75, 3.05) is 6.54 Å². The fourth-order valence-electron chi connectivity index (χ4n) is 1.42.